The van der Waals surface area contributed by atoms with Crippen LogP contribution < -0.4 is 0 Å². The molecule has 4 heteroatoms. The topological polar surface area (TPSA) is 63.0 Å². The molecule has 0 atom stereocenters. The summed E-state index contributed by atoms with van der Waals surface area (Å²) in [6, 6.07) is 5.41. The normalized spacial score (nSPS) is 7.00. The van der Waals surface area contributed by atoms with E-state index in [1.54, 1.807) is 18.3 Å². The van der Waals surface area contributed by atoms with Crippen molar-refractivity contribution in [3.8, 4) is 6.07 Å². The summed E-state index contributed by atoms with van der Waals surface area (Å²) in [5, 5.41) is 8.25. The highest BCUT2D eigenvalue weighted by molar-refractivity contribution is 5.36. The van der Waals surface area contributed by atoms with Gasteiger partial charge in [0.25, 0.3) is 6.47 Å². The van der Waals surface area contributed by atoms with E-state index in [2.05, 4.69) is 9.72 Å². The third-order valence-electron chi connectivity index (χ3n) is 0.887. The highest BCUT2D eigenvalue weighted by Gasteiger charge is 1.80. The van der Waals surface area contributed by atoms with Gasteiger partial charge in [0.1, 0.15) is 6.07 Å². The van der Waals surface area contributed by atoms with Gasteiger partial charge in [-0.1, -0.05) is 0 Å². The van der Waals surface area contributed by atoms with Gasteiger partial charge >= 0.3 is 0 Å². The van der Waals surface area contributed by atoms with Crippen molar-refractivity contribution in [3.63, 3.8) is 0 Å². The highest BCUT2D eigenvalue weighted by atomic mass is 16.5. The van der Waals surface area contributed by atoms with Crippen molar-refractivity contribution in [2.24, 2.45) is 0 Å². The minimum atomic E-state index is 0.375. The Morgan fingerprint density at radius 2 is 2.42 bits per heavy atom. The van der Waals surface area contributed by atoms with Crippen LogP contribution in [0.15, 0.2) is 24.5 Å². The van der Waals surface area contributed by atoms with E-state index in [1.165, 1.54) is 13.3 Å². The smallest absolute Gasteiger partial charge is 0.292 e. The predicted molar refractivity (Wildman–Crippen MR) is 42.0 cm³/mol. The van der Waals surface area contributed by atoms with Crippen molar-refractivity contribution in [1.29, 1.82) is 5.26 Å². The molecule has 0 saturated carbocycles. The number of ether oxygens (including phenoxy) is 1. The van der Waals surface area contributed by atoms with Gasteiger partial charge in [-0.3, -0.25) is 9.78 Å². The molecule has 0 spiro atoms. The molecular weight excluding hydrogens is 156 g/mol. The quantitative estimate of drug-likeness (QED) is 0.574. The number of nitriles is 1. The number of hydrogen-bond acceptors (Lipinski definition) is 4. The summed E-state index contributed by atoms with van der Waals surface area (Å²) in [5.41, 5.74) is 0.604. The van der Waals surface area contributed by atoms with Crippen molar-refractivity contribution >= 4 is 6.47 Å². The number of methoxy groups -OCH3 is 1. The zero-order valence-electron chi connectivity index (χ0n) is 6.60. The Labute approximate surface area is 70.4 Å². The Bertz CT molecular complexity index is 254. The number of aromatic nitrogens is 1. The van der Waals surface area contributed by atoms with E-state index in [-0.39, 0.29) is 0 Å². The van der Waals surface area contributed by atoms with Crippen LogP contribution in [0.4, 0.5) is 0 Å². The average Bonchev–Trinajstić information content (AvgIpc) is 2.19. The minimum absolute atomic E-state index is 0.375. The van der Waals surface area contributed by atoms with Crippen LogP contribution in [-0.4, -0.2) is 18.6 Å². The standard InChI is InChI=1S/C6H4N2.C2H4O2/c7-4-6-2-1-3-8-5-6;1-4-2-3/h1-3,5H;2H,1H3. The van der Waals surface area contributed by atoms with Gasteiger partial charge in [0.05, 0.1) is 12.7 Å². The van der Waals surface area contributed by atoms with Crippen LogP contribution in [0.3, 0.4) is 0 Å². The molecule has 0 unspecified atom stereocenters. The summed E-state index contributed by atoms with van der Waals surface area (Å²) in [5.74, 6) is 0. The molecule has 0 fully saturated rings. The van der Waals surface area contributed by atoms with Gasteiger partial charge in [0.2, 0.25) is 0 Å². The molecule has 1 rings (SSSR count). The van der Waals surface area contributed by atoms with Crippen molar-refractivity contribution in [2.75, 3.05) is 7.11 Å². The van der Waals surface area contributed by atoms with E-state index in [0.717, 1.165) is 0 Å². The largest absolute Gasteiger partial charge is 0.471 e. The summed E-state index contributed by atoms with van der Waals surface area (Å²) in [4.78, 5) is 12.7. The van der Waals surface area contributed by atoms with Gasteiger partial charge in [0, 0.05) is 12.4 Å². The number of carbonyl (C=O) groups excluding carboxylic acids is 1. The molecule has 0 aliphatic carbocycles. The second-order valence-electron chi connectivity index (χ2n) is 1.69. The number of hydrogen-bond donors (Lipinski definition) is 0. The van der Waals surface area contributed by atoms with Gasteiger partial charge in [-0.25, -0.2) is 0 Å². The van der Waals surface area contributed by atoms with Crippen molar-refractivity contribution < 1.29 is 9.53 Å². The molecule has 0 radical (unpaired) electrons. The maximum absolute atomic E-state index is 8.95. The van der Waals surface area contributed by atoms with Gasteiger partial charge < -0.3 is 4.74 Å². The van der Waals surface area contributed by atoms with Crippen molar-refractivity contribution in [2.45, 2.75) is 0 Å². The molecule has 0 aromatic carbocycles. The van der Waals surface area contributed by atoms with E-state index in [1.807, 2.05) is 6.07 Å². The summed E-state index contributed by atoms with van der Waals surface area (Å²) >= 11 is 0. The molecular formula is C8H8N2O2. The van der Waals surface area contributed by atoms with Gasteiger partial charge in [-0.15, -0.1) is 0 Å². The molecule has 0 aliphatic rings. The van der Waals surface area contributed by atoms with E-state index in [9.17, 15) is 0 Å². The van der Waals surface area contributed by atoms with Gasteiger partial charge in [0.15, 0.2) is 0 Å². The van der Waals surface area contributed by atoms with Crippen LogP contribution in [0, 0.1) is 11.3 Å². The van der Waals surface area contributed by atoms with Gasteiger partial charge in [-0.05, 0) is 12.1 Å². The Balaban J connectivity index is 0.000000261. The van der Waals surface area contributed by atoms with E-state index in [4.69, 9.17) is 10.1 Å². The molecule has 0 aliphatic heterocycles. The van der Waals surface area contributed by atoms with Crippen LogP contribution in [0.1, 0.15) is 5.56 Å². The maximum atomic E-state index is 8.95. The Kier molecular flexibility index (Phi) is 6.08. The summed E-state index contributed by atoms with van der Waals surface area (Å²) in [6.45, 7) is 0.375. The summed E-state index contributed by atoms with van der Waals surface area (Å²) in [6.07, 6.45) is 3.17. The molecule has 4 nitrogen and oxygen atoms in total. The van der Waals surface area contributed by atoms with Crippen LogP contribution in [0.5, 0.6) is 0 Å². The molecule has 1 aromatic heterocycles. The molecule has 0 N–H and O–H groups in total. The fraction of sp³-hybridized carbons (Fsp3) is 0.125. The molecule has 0 saturated heterocycles. The van der Waals surface area contributed by atoms with E-state index < -0.39 is 0 Å². The van der Waals surface area contributed by atoms with Crippen LogP contribution >= 0.6 is 0 Å². The maximum Gasteiger partial charge on any atom is 0.292 e. The Morgan fingerprint density at radius 3 is 2.67 bits per heavy atom. The lowest BCUT2D eigenvalue weighted by atomic mass is 10.3. The third-order valence-corrected chi connectivity index (χ3v) is 0.887. The van der Waals surface area contributed by atoms with E-state index in [0.29, 0.717) is 12.0 Å². The summed E-state index contributed by atoms with van der Waals surface area (Å²) in [7, 11) is 1.31. The Morgan fingerprint density at radius 1 is 1.75 bits per heavy atom. The highest BCUT2D eigenvalue weighted by Crippen LogP contribution is 1.89. The zero-order valence-corrected chi connectivity index (χ0v) is 6.60. The second kappa shape index (κ2) is 7.22. The Hall–Kier alpha value is -1.89. The predicted octanol–water partition coefficient (Wildman–Crippen LogP) is 0.742. The first-order chi connectivity index (χ1) is 5.85. The number of rotatable bonds is 1. The number of pyridine rings is 1. The lowest BCUT2D eigenvalue weighted by molar-refractivity contribution is -0.126. The molecule has 0 bridgehead atoms. The first-order valence-corrected chi connectivity index (χ1v) is 3.11. The fourth-order valence-corrected chi connectivity index (χ4v) is 0.429. The molecule has 1 aromatic rings. The van der Waals surface area contributed by atoms with Crippen molar-refractivity contribution in [3.05, 3.63) is 30.1 Å². The second-order valence-corrected chi connectivity index (χ2v) is 1.69. The number of nitrogens with zero attached hydrogens (tertiary/aromatic N) is 2. The first-order valence-electron chi connectivity index (χ1n) is 3.11. The average molecular weight is 164 g/mol. The van der Waals surface area contributed by atoms with Gasteiger partial charge in [-0.2, -0.15) is 5.26 Å². The van der Waals surface area contributed by atoms with Crippen molar-refractivity contribution in [1.82, 2.24) is 4.98 Å². The van der Waals surface area contributed by atoms with Crippen LogP contribution in [-0.2, 0) is 9.53 Å². The lowest BCUT2D eigenvalue weighted by Crippen LogP contribution is -1.72. The fourth-order valence-electron chi connectivity index (χ4n) is 0.429. The molecule has 12 heavy (non-hydrogen) atoms. The molecule has 0 amide bonds. The SMILES string of the molecule is COC=O.N#Cc1cccnc1. The van der Waals surface area contributed by atoms with Crippen LogP contribution in [0.2, 0.25) is 0 Å². The molecule has 62 valence electrons. The first kappa shape index (κ1) is 10.1. The lowest BCUT2D eigenvalue weighted by Gasteiger charge is -1.79. The third kappa shape index (κ3) is 4.94. The molecule has 1 heterocycles. The summed E-state index contributed by atoms with van der Waals surface area (Å²) < 4.78 is 3.86. The zero-order chi connectivity index (χ0) is 9.23. The van der Waals surface area contributed by atoms with E-state index >= 15 is 0 Å². The monoisotopic (exact) mass is 164 g/mol. The van der Waals surface area contributed by atoms with Crippen LogP contribution in [0.25, 0.3) is 0 Å². The minimum Gasteiger partial charge on any atom is -0.471 e. The number of carbonyl (C=O) groups is 1.